The number of benzene rings is 2. The number of hydrogen-bond donors (Lipinski definition) is 1. The largest absolute Gasteiger partial charge is 0.326 e. The third kappa shape index (κ3) is 3.25. The second-order valence-electron chi connectivity index (χ2n) is 4.55. The second-order valence-corrected chi connectivity index (χ2v) is 4.96. The summed E-state index contributed by atoms with van der Waals surface area (Å²) in [7, 11) is 0. The first kappa shape index (κ1) is 14.3. The quantitative estimate of drug-likeness (QED) is 0.872. The van der Waals surface area contributed by atoms with E-state index in [0.717, 1.165) is 5.56 Å². The van der Waals surface area contributed by atoms with Crippen LogP contribution in [-0.2, 0) is 4.79 Å². The maximum atomic E-state index is 12.3. The Morgan fingerprint density at radius 1 is 1.00 bits per heavy atom. The average molecular weight is 288 g/mol. The van der Waals surface area contributed by atoms with Crippen LogP contribution in [0, 0.1) is 6.92 Å². The van der Waals surface area contributed by atoms with Crippen LogP contribution in [0.3, 0.4) is 0 Å². The number of rotatable bonds is 3. The molecular weight excluding hydrogens is 274 g/mol. The minimum atomic E-state index is -0.141. The standard InChI is InChI=1S/C16H14ClNO2/c1-10-9-13(5-8-15(10)17)16(20)12-3-6-14(7-4-12)18-11(2)19/h3-9H,1-2H3,(H,18,19). The van der Waals surface area contributed by atoms with Crippen LogP contribution in [0.1, 0.15) is 28.4 Å². The molecule has 2 aromatic carbocycles. The van der Waals surface area contributed by atoms with Gasteiger partial charge in [-0.3, -0.25) is 9.59 Å². The number of amides is 1. The number of anilines is 1. The SMILES string of the molecule is CC(=O)Nc1ccc(C(=O)c2ccc(Cl)c(C)c2)cc1. The van der Waals surface area contributed by atoms with Crippen molar-refractivity contribution in [2.24, 2.45) is 0 Å². The van der Waals surface area contributed by atoms with Crippen molar-refractivity contribution in [1.82, 2.24) is 0 Å². The van der Waals surface area contributed by atoms with Crippen LogP contribution < -0.4 is 5.32 Å². The van der Waals surface area contributed by atoms with Crippen LogP contribution in [0.15, 0.2) is 42.5 Å². The lowest BCUT2D eigenvalue weighted by Crippen LogP contribution is -2.06. The van der Waals surface area contributed by atoms with Crippen molar-refractivity contribution >= 4 is 29.0 Å². The normalized spacial score (nSPS) is 10.2. The summed E-state index contributed by atoms with van der Waals surface area (Å²) in [6.07, 6.45) is 0. The molecule has 4 heteroatoms. The molecule has 0 fully saturated rings. The highest BCUT2D eigenvalue weighted by atomic mass is 35.5. The summed E-state index contributed by atoms with van der Waals surface area (Å²) < 4.78 is 0. The van der Waals surface area contributed by atoms with Gasteiger partial charge in [-0.05, 0) is 55.0 Å². The Labute approximate surface area is 122 Å². The molecule has 2 aromatic rings. The lowest BCUT2D eigenvalue weighted by molar-refractivity contribution is -0.114. The summed E-state index contributed by atoms with van der Waals surface area (Å²) in [5.74, 6) is -0.212. The summed E-state index contributed by atoms with van der Waals surface area (Å²) in [6, 6.07) is 12.0. The van der Waals surface area contributed by atoms with Gasteiger partial charge < -0.3 is 5.32 Å². The lowest BCUT2D eigenvalue weighted by atomic mass is 10.0. The molecule has 0 spiro atoms. The minimum absolute atomic E-state index is 0.0702. The van der Waals surface area contributed by atoms with Crippen LogP contribution in [0.25, 0.3) is 0 Å². The number of hydrogen-bond acceptors (Lipinski definition) is 2. The van der Waals surface area contributed by atoms with Crippen molar-refractivity contribution in [3.63, 3.8) is 0 Å². The van der Waals surface area contributed by atoms with Gasteiger partial charge >= 0.3 is 0 Å². The molecule has 3 nitrogen and oxygen atoms in total. The lowest BCUT2D eigenvalue weighted by Gasteiger charge is -2.06. The van der Waals surface area contributed by atoms with E-state index in [1.165, 1.54) is 6.92 Å². The van der Waals surface area contributed by atoms with Gasteiger partial charge in [0.25, 0.3) is 0 Å². The van der Waals surface area contributed by atoms with E-state index in [1.807, 2.05) is 6.92 Å². The topological polar surface area (TPSA) is 46.2 Å². The molecule has 0 aliphatic carbocycles. The summed E-state index contributed by atoms with van der Waals surface area (Å²) in [4.78, 5) is 23.2. The number of carbonyl (C=O) groups is 2. The van der Waals surface area contributed by atoms with E-state index >= 15 is 0 Å². The molecule has 0 bridgehead atoms. The molecule has 0 aliphatic heterocycles. The summed E-state index contributed by atoms with van der Waals surface area (Å²) >= 11 is 5.95. The molecule has 0 unspecified atom stereocenters. The second kappa shape index (κ2) is 5.88. The molecule has 2 rings (SSSR count). The molecular formula is C16H14ClNO2. The Morgan fingerprint density at radius 3 is 2.15 bits per heavy atom. The average Bonchev–Trinajstić information content (AvgIpc) is 2.41. The fourth-order valence-corrected chi connectivity index (χ4v) is 1.98. The fraction of sp³-hybridized carbons (Fsp3) is 0.125. The Kier molecular flexibility index (Phi) is 4.20. The van der Waals surface area contributed by atoms with Gasteiger partial charge in [-0.1, -0.05) is 11.6 Å². The van der Waals surface area contributed by atoms with Crippen LogP contribution in [0.2, 0.25) is 5.02 Å². The molecule has 0 aromatic heterocycles. The summed E-state index contributed by atoms with van der Waals surface area (Å²) in [5, 5.41) is 3.30. The number of aryl methyl sites for hydroxylation is 1. The first-order valence-corrected chi connectivity index (χ1v) is 6.53. The van der Waals surface area contributed by atoms with Crippen LogP contribution in [0.5, 0.6) is 0 Å². The Hall–Kier alpha value is -2.13. The van der Waals surface area contributed by atoms with Gasteiger partial charge in [0.15, 0.2) is 5.78 Å². The van der Waals surface area contributed by atoms with Gasteiger partial charge in [0.05, 0.1) is 0 Å². The molecule has 0 saturated carbocycles. The van der Waals surface area contributed by atoms with Crippen molar-refractivity contribution in [1.29, 1.82) is 0 Å². The molecule has 0 atom stereocenters. The van der Waals surface area contributed by atoms with E-state index in [-0.39, 0.29) is 11.7 Å². The Balaban J connectivity index is 2.24. The number of halogens is 1. The number of carbonyl (C=O) groups excluding carboxylic acids is 2. The third-order valence-corrected chi connectivity index (χ3v) is 3.31. The monoisotopic (exact) mass is 287 g/mol. The van der Waals surface area contributed by atoms with Crippen molar-refractivity contribution in [2.75, 3.05) is 5.32 Å². The van der Waals surface area contributed by atoms with Crippen LogP contribution in [0.4, 0.5) is 5.69 Å². The predicted molar refractivity (Wildman–Crippen MR) is 80.4 cm³/mol. The van der Waals surface area contributed by atoms with Gasteiger partial charge in [0.1, 0.15) is 0 Å². The smallest absolute Gasteiger partial charge is 0.221 e. The van der Waals surface area contributed by atoms with Gasteiger partial charge in [-0.25, -0.2) is 0 Å². The maximum absolute atomic E-state index is 12.3. The first-order valence-electron chi connectivity index (χ1n) is 6.16. The van der Waals surface area contributed by atoms with Gasteiger partial charge in [0, 0.05) is 28.8 Å². The highest BCUT2D eigenvalue weighted by molar-refractivity contribution is 6.31. The molecule has 102 valence electrons. The van der Waals surface area contributed by atoms with Crippen LogP contribution >= 0.6 is 11.6 Å². The Morgan fingerprint density at radius 2 is 1.60 bits per heavy atom. The molecule has 1 amide bonds. The predicted octanol–water partition coefficient (Wildman–Crippen LogP) is 3.84. The van der Waals surface area contributed by atoms with Gasteiger partial charge in [-0.2, -0.15) is 0 Å². The maximum Gasteiger partial charge on any atom is 0.221 e. The van der Waals surface area contributed by atoms with Crippen molar-refractivity contribution in [2.45, 2.75) is 13.8 Å². The molecule has 0 radical (unpaired) electrons. The molecule has 0 heterocycles. The van der Waals surface area contributed by atoms with Crippen molar-refractivity contribution in [3.8, 4) is 0 Å². The van der Waals surface area contributed by atoms with E-state index in [2.05, 4.69) is 5.32 Å². The highest BCUT2D eigenvalue weighted by Crippen LogP contribution is 2.19. The zero-order valence-corrected chi connectivity index (χ0v) is 12.0. The van der Waals surface area contributed by atoms with Gasteiger partial charge in [-0.15, -0.1) is 0 Å². The molecule has 1 N–H and O–H groups in total. The van der Waals surface area contributed by atoms with E-state index in [4.69, 9.17) is 11.6 Å². The van der Waals surface area contributed by atoms with E-state index < -0.39 is 0 Å². The fourth-order valence-electron chi connectivity index (χ4n) is 1.86. The molecule has 0 aliphatic rings. The van der Waals surface area contributed by atoms with E-state index in [1.54, 1.807) is 42.5 Å². The molecule has 20 heavy (non-hydrogen) atoms. The minimum Gasteiger partial charge on any atom is -0.326 e. The zero-order valence-electron chi connectivity index (χ0n) is 11.2. The van der Waals surface area contributed by atoms with Crippen molar-refractivity contribution < 1.29 is 9.59 Å². The van der Waals surface area contributed by atoms with Crippen molar-refractivity contribution in [3.05, 3.63) is 64.2 Å². The third-order valence-electron chi connectivity index (χ3n) is 2.89. The first-order chi connectivity index (χ1) is 9.47. The molecule has 0 saturated heterocycles. The number of nitrogens with one attached hydrogen (secondary N) is 1. The van der Waals surface area contributed by atoms with E-state index in [9.17, 15) is 9.59 Å². The summed E-state index contributed by atoms with van der Waals surface area (Å²) in [5.41, 5.74) is 2.70. The van der Waals surface area contributed by atoms with E-state index in [0.29, 0.717) is 21.8 Å². The number of ketones is 1. The zero-order chi connectivity index (χ0) is 14.7. The van der Waals surface area contributed by atoms with Gasteiger partial charge in [0.2, 0.25) is 5.91 Å². The summed E-state index contributed by atoms with van der Waals surface area (Å²) in [6.45, 7) is 3.30. The van der Waals surface area contributed by atoms with Crippen LogP contribution in [-0.4, -0.2) is 11.7 Å². The Bertz CT molecular complexity index is 663. The highest BCUT2D eigenvalue weighted by Gasteiger charge is 2.10.